The van der Waals surface area contributed by atoms with Gasteiger partial charge in [-0.05, 0) is 11.6 Å². The van der Waals surface area contributed by atoms with Gasteiger partial charge in [0, 0.05) is 48.3 Å². The van der Waals surface area contributed by atoms with Crippen LogP contribution >= 0.6 is 11.3 Å². The topological polar surface area (TPSA) is 55.6 Å². The predicted molar refractivity (Wildman–Crippen MR) is 99.5 cm³/mol. The highest BCUT2D eigenvalue weighted by Gasteiger charge is 2.04. The quantitative estimate of drug-likeness (QED) is 0.578. The average molecular weight is 347 g/mol. The van der Waals surface area contributed by atoms with Crippen molar-refractivity contribution in [2.45, 2.75) is 13.1 Å². The molecule has 4 rings (SSSR count). The van der Waals surface area contributed by atoms with Gasteiger partial charge in [0.25, 0.3) is 0 Å². The summed E-state index contributed by atoms with van der Waals surface area (Å²) >= 11 is 1.72. The Balaban J connectivity index is 1.33. The molecular formula is C19H17N5S. The Morgan fingerprint density at radius 1 is 0.960 bits per heavy atom. The highest BCUT2D eigenvalue weighted by molar-refractivity contribution is 7.15. The highest BCUT2D eigenvalue weighted by atomic mass is 32.1. The van der Waals surface area contributed by atoms with Crippen molar-refractivity contribution in [2.24, 2.45) is 0 Å². The summed E-state index contributed by atoms with van der Waals surface area (Å²) in [6, 6.07) is 14.3. The van der Waals surface area contributed by atoms with E-state index in [0.29, 0.717) is 0 Å². The molecule has 3 heterocycles. The van der Waals surface area contributed by atoms with E-state index in [1.807, 2.05) is 47.4 Å². The number of aromatic nitrogens is 4. The second-order valence-electron chi connectivity index (χ2n) is 5.60. The first kappa shape index (κ1) is 15.7. The van der Waals surface area contributed by atoms with Crippen LogP contribution < -0.4 is 5.32 Å². The number of hydrogen-bond donors (Lipinski definition) is 1. The minimum absolute atomic E-state index is 0.774. The van der Waals surface area contributed by atoms with Gasteiger partial charge in [0.1, 0.15) is 17.2 Å². The van der Waals surface area contributed by atoms with Gasteiger partial charge >= 0.3 is 0 Å². The Kier molecular flexibility index (Phi) is 4.63. The van der Waals surface area contributed by atoms with Gasteiger partial charge in [0.2, 0.25) is 0 Å². The molecule has 124 valence electrons. The highest BCUT2D eigenvalue weighted by Crippen LogP contribution is 2.24. The van der Waals surface area contributed by atoms with Crippen LogP contribution in [0.3, 0.4) is 0 Å². The fraction of sp³-hybridized carbons (Fsp3) is 0.105. The van der Waals surface area contributed by atoms with Crippen LogP contribution in [0.15, 0.2) is 73.6 Å². The Morgan fingerprint density at radius 3 is 2.64 bits per heavy atom. The van der Waals surface area contributed by atoms with Crippen molar-refractivity contribution < 1.29 is 0 Å². The largest absolute Gasteiger partial charge is 0.308 e. The van der Waals surface area contributed by atoms with Gasteiger partial charge in [0.15, 0.2) is 0 Å². The van der Waals surface area contributed by atoms with Crippen molar-refractivity contribution in [3.63, 3.8) is 0 Å². The Labute approximate surface area is 150 Å². The maximum Gasteiger partial charge on any atom is 0.137 e. The van der Waals surface area contributed by atoms with Crippen LogP contribution in [0, 0.1) is 0 Å². The SMILES string of the molecule is c1ccc(-c2ncc(CNCc3ccc(-n4ccnc4)nc3)s2)cc1. The summed E-state index contributed by atoms with van der Waals surface area (Å²) in [5, 5.41) is 4.51. The predicted octanol–water partition coefficient (Wildman–Crippen LogP) is 3.68. The lowest BCUT2D eigenvalue weighted by molar-refractivity contribution is 0.697. The van der Waals surface area contributed by atoms with Crippen molar-refractivity contribution in [1.29, 1.82) is 0 Å². The van der Waals surface area contributed by atoms with E-state index in [-0.39, 0.29) is 0 Å². The van der Waals surface area contributed by atoms with Crippen LogP contribution in [0.5, 0.6) is 0 Å². The number of hydrogen-bond acceptors (Lipinski definition) is 5. The van der Waals surface area contributed by atoms with E-state index in [1.165, 1.54) is 4.88 Å². The molecule has 0 saturated heterocycles. The zero-order valence-corrected chi connectivity index (χ0v) is 14.4. The molecule has 0 aliphatic rings. The minimum atomic E-state index is 0.774. The standard InChI is InChI=1S/C19H17N5S/c1-2-4-16(5-3-1)19-23-13-17(25-19)12-21-10-15-6-7-18(22-11-15)24-9-8-20-14-24/h1-9,11,13-14,21H,10,12H2. The lowest BCUT2D eigenvalue weighted by Crippen LogP contribution is -2.12. The third-order valence-corrected chi connectivity index (χ3v) is 4.83. The van der Waals surface area contributed by atoms with Crippen molar-refractivity contribution in [3.05, 3.63) is 84.0 Å². The molecular weight excluding hydrogens is 330 g/mol. The number of nitrogens with one attached hydrogen (secondary N) is 1. The molecule has 1 N–H and O–H groups in total. The van der Waals surface area contributed by atoms with Crippen LogP contribution in [0.2, 0.25) is 0 Å². The molecule has 1 aromatic carbocycles. The van der Waals surface area contributed by atoms with E-state index in [1.54, 1.807) is 23.9 Å². The molecule has 0 aliphatic carbocycles. The molecule has 0 fully saturated rings. The first-order chi connectivity index (χ1) is 12.4. The lowest BCUT2D eigenvalue weighted by Gasteiger charge is -2.05. The number of nitrogens with zero attached hydrogens (tertiary/aromatic N) is 4. The summed E-state index contributed by atoms with van der Waals surface area (Å²) in [7, 11) is 0. The zero-order chi connectivity index (χ0) is 16.9. The second kappa shape index (κ2) is 7.38. The van der Waals surface area contributed by atoms with Gasteiger partial charge in [-0.25, -0.2) is 15.0 Å². The number of rotatable bonds is 6. The number of benzene rings is 1. The molecule has 0 bridgehead atoms. The molecule has 0 aliphatic heterocycles. The summed E-state index contributed by atoms with van der Waals surface area (Å²) in [5.41, 5.74) is 2.31. The molecule has 25 heavy (non-hydrogen) atoms. The van der Waals surface area contributed by atoms with Crippen molar-refractivity contribution in [2.75, 3.05) is 0 Å². The van der Waals surface area contributed by atoms with Gasteiger partial charge in [-0.1, -0.05) is 36.4 Å². The molecule has 5 nitrogen and oxygen atoms in total. The normalized spacial score (nSPS) is 10.9. The van der Waals surface area contributed by atoms with E-state index in [0.717, 1.165) is 35.0 Å². The third-order valence-electron chi connectivity index (χ3n) is 3.78. The van der Waals surface area contributed by atoms with Gasteiger partial charge in [0.05, 0.1) is 0 Å². The molecule has 4 aromatic rings. The Hall–Kier alpha value is -2.83. The van der Waals surface area contributed by atoms with E-state index in [2.05, 4.69) is 38.5 Å². The van der Waals surface area contributed by atoms with E-state index in [9.17, 15) is 0 Å². The number of pyridine rings is 1. The molecule has 6 heteroatoms. The molecule has 0 amide bonds. The monoisotopic (exact) mass is 347 g/mol. The summed E-state index contributed by atoms with van der Waals surface area (Å²) in [5.74, 6) is 0.871. The Bertz CT molecular complexity index is 914. The van der Waals surface area contributed by atoms with E-state index in [4.69, 9.17) is 0 Å². The number of imidazole rings is 1. The van der Waals surface area contributed by atoms with Crippen LogP contribution in [-0.4, -0.2) is 19.5 Å². The van der Waals surface area contributed by atoms with Crippen LogP contribution in [-0.2, 0) is 13.1 Å². The van der Waals surface area contributed by atoms with Gasteiger partial charge in [-0.2, -0.15) is 0 Å². The first-order valence-electron chi connectivity index (χ1n) is 8.02. The molecule has 3 aromatic heterocycles. The summed E-state index contributed by atoms with van der Waals surface area (Å²) < 4.78 is 1.89. The van der Waals surface area contributed by atoms with E-state index >= 15 is 0 Å². The zero-order valence-electron chi connectivity index (χ0n) is 13.5. The average Bonchev–Trinajstić information content (AvgIpc) is 3.35. The maximum absolute atomic E-state index is 4.51. The molecule has 0 unspecified atom stereocenters. The van der Waals surface area contributed by atoms with Crippen LogP contribution in [0.1, 0.15) is 10.4 Å². The van der Waals surface area contributed by atoms with Crippen molar-refractivity contribution >= 4 is 11.3 Å². The van der Waals surface area contributed by atoms with Crippen molar-refractivity contribution in [3.8, 4) is 16.4 Å². The van der Waals surface area contributed by atoms with E-state index < -0.39 is 0 Å². The van der Waals surface area contributed by atoms with Gasteiger partial charge in [-0.15, -0.1) is 11.3 Å². The smallest absolute Gasteiger partial charge is 0.137 e. The molecule has 0 spiro atoms. The summed E-state index contributed by atoms with van der Waals surface area (Å²) in [6.45, 7) is 1.57. The second-order valence-corrected chi connectivity index (χ2v) is 6.71. The number of thiazole rings is 1. The summed E-state index contributed by atoms with van der Waals surface area (Å²) in [6.07, 6.45) is 9.21. The first-order valence-corrected chi connectivity index (χ1v) is 8.84. The van der Waals surface area contributed by atoms with Crippen LogP contribution in [0.25, 0.3) is 16.4 Å². The van der Waals surface area contributed by atoms with Crippen LogP contribution in [0.4, 0.5) is 0 Å². The summed E-state index contributed by atoms with van der Waals surface area (Å²) in [4.78, 5) is 14.2. The maximum atomic E-state index is 4.51. The molecule has 0 atom stereocenters. The van der Waals surface area contributed by atoms with Crippen molar-refractivity contribution in [1.82, 2.24) is 24.8 Å². The van der Waals surface area contributed by atoms with Gasteiger partial charge < -0.3 is 5.32 Å². The fourth-order valence-electron chi connectivity index (χ4n) is 2.50. The minimum Gasteiger partial charge on any atom is -0.308 e. The van der Waals surface area contributed by atoms with Gasteiger partial charge in [-0.3, -0.25) is 4.57 Å². The molecule has 0 saturated carbocycles. The Morgan fingerprint density at radius 2 is 1.88 bits per heavy atom. The fourth-order valence-corrected chi connectivity index (χ4v) is 3.39. The molecule has 0 radical (unpaired) electrons. The lowest BCUT2D eigenvalue weighted by atomic mass is 10.2. The third kappa shape index (κ3) is 3.81.